The molecule has 0 radical (unpaired) electrons. The third kappa shape index (κ3) is 2.89. The number of hydrogen-bond donors (Lipinski definition) is 1. The fraction of sp³-hybridized carbons (Fsp3) is 0.300. The van der Waals surface area contributed by atoms with Gasteiger partial charge >= 0.3 is 0 Å². The minimum atomic E-state index is -3.48. The number of nitrogens with zero attached hydrogens (tertiary/aromatic N) is 2. The molecule has 1 aliphatic heterocycles. The van der Waals surface area contributed by atoms with Crippen molar-refractivity contribution in [2.24, 2.45) is 0 Å². The highest BCUT2D eigenvalue weighted by molar-refractivity contribution is 7.89. The molecular weight excluding hydrogens is 346 g/mol. The molecule has 0 amide bonds. The highest BCUT2D eigenvalue weighted by atomic mass is 32.2. The Balaban J connectivity index is 1.91. The van der Waals surface area contributed by atoms with Crippen LogP contribution in [-0.4, -0.2) is 44.9 Å². The van der Waals surface area contributed by atoms with E-state index in [0.29, 0.717) is 4.90 Å². The molecule has 1 aromatic heterocycles. The summed E-state index contributed by atoms with van der Waals surface area (Å²) < 4.78 is 26.5. The van der Waals surface area contributed by atoms with Gasteiger partial charge in [-0.15, -0.1) is 0 Å². The Morgan fingerprint density at radius 2 is 1.73 bits per heavy atom. The van der Waals surface area contributed by atoms with Crippen LogP contribution >= 0.6 is 0 Å². The first-order valence-corrected chi connectivity index (χ1v) is 10.3. The smallest absolute Gasteiger partial charge is 0.242 e. The first-order chi connectivity index (χ1) is 12.5. The van der Waals surface area contributed by atoms with Crippen molar-refractivity contribution >= 4 is 26.6 Å². The van der Waals surface area contributed by atoms with E-state index in [0.717, 1.165) is 40.9 Å². The predicted octanol–water partition coefficient (Wildman–Crippen LogP) is 3.69. The van der Waals surface area contributed by atoms with E-state index in [2.05, 4.69) is 22.0 Å². The SMILES string of the molecule is CN(C)S(=O)(=O)c1ccc(N2CCCC2)c(-c2cc3ccccc3[nH]2)c1. The molecule has 1 saturated heterocycles. The number of benzene rings is 2. The number of nitrogens with one attached hydrogen (secondary N) is 1. The van der Waals surface area contributed by atoms with Gasteiger partial charge in [-0.05, 0) is 43.2 Å². The van der Waals surface area contributed by atoms with Crippen molar-refractivity contribution in [2.75, 3.05) is 32.1 Å². The van der Waals surface area contributed by atoms with Crippen LogP contribution in [0.25, 0.3) is 22.2 Å². The van der Waals surface area contributed by atoms with Crippen LogP contribution in [0.15, 0.2) is 53.4 Å². The van der Waals surface area contributed by atoms with E-state index in [1.165, 1.54) is 17.1 Å². The number of fused-ring (bicyclic) bond motifs is 1. The topological polar surface area (TPSA) is 56.4 Å². The number of H-pyrrole nitrogens is 1. The zero-order chi connectivity index (χ0) is 18.3. The molecule has 0 aliphatic carbocycles. The number of anilines is 1. The van der Waals surface area contributed by atoms with Crippen LogP contribution in [0.4, 0.5) is 5.69 Å². The zero-order valence-corrected chi connectivity index (χ0v) is 15.9. The van der Waals surface area contributed by atoms with Gasteiger partial charge < -0.3 is 9.88 Å². The van der Waals surface area contributed by atoms with Crippen molar-refractivity contribution in [3.8, 4) is 11.3 Å². The van der Waals surface area contributed by atoms with Crippen molar-refractivity contribution < 1.29 is 8.42 Å². The molecule has 0 saturated carbocycles. The molecule has 0 spiro atoms. The fourth-order valence-corrected chi connectivity index (χ4v) is 4.48. The molecule has 1 N–H and O–H groups in total. The van der Waals surface area contributed by atoms with Crippen LogP contribution in [0, 0.1) is 0 Å². The van der Waals surface area contributed by atoms with E-state index in [9.17, 15) is 8.42 Å². The number of rotatable bonds is 4. The first-order valence-electron chi connectivity index (χ1n) is 8.86. The van der Waals surface area contributed by atoms with Crippen LogP contribution in [-0.2, 0) is 10.0 Å². The Morgan fingerprint density at radius 3 is 2.42 bits per heavy atom. The van der Waals surface area contributed by atoms with Crippen molar-refractivity contribution in [3.05, 3.63) is 48.5 Å². The molecule has 5 nitrogen and oxygen atoms in total. The molecule has 136 valence electrons. The molecule has 4 rings (SSSR count). The van der Waals surface area contributed by atoms with E-state index in [-0.39, 0.29) is 0 Å². The average Bonchev–Trinajstić information content (AvgIpc) is 3.30. The second kappa shape index (κ2) is 6.45. The molecule has 0 atom stereocenters. The van der Waals surface area contributed by atoms with E-state index >= 15 is 0 Å². The molecule has 0 bridgehead atoms. The Hall–Kier alpha value is -2.31. The monoisotopic (exact) mass is 369 g/mol. The second-order valence-corrected chi connectivity index (χ2v) is 9.08. The van der Waals surface area contributed by atoms with Gasteiger partial charge in [-0.3, -0.25) is 0 Å². The number of sulfonamides is 1. The third-order valence-corrected chi connectivity index (χ3v) is 6.82. The summed E-state index contributed by atoms with van der Waals surface area (Å²) in [5, 5.41) is 1.12. The maximum absolute atomic E-state index is 12.6. The van der Waals surface area contributed by atoms with E-state index in [4.69, 9.17) is 0 Å². The average molecular weight is 369 g/mol. The van der Waals surface area contributed by atoms with Crippen LogP contribution in [0.5, 0.6) is 0 Å². The number of para-hydroxylation sites is 1. The molecule has 1 aliphatic rings. The Morgan fingerprint density at radius 1 is 1.00 bits per heavy atom. The van der Waals surface area contributed by atoms with Crippen LogP contribution < -0.4 is 4.90 Å². The highest BCUT2D eigenvalue weighted by Gasteiger charge is 2.23. The van der Waals surface area contributed by atoms with E-state index in [1.54, 1.807) is 26.2 Å². The summed E-state index contributed by atoms with van der Waals surface area (Å²) in [6.45, 7) is 2.01. The van der Waals surface area contributed by atoms with Crippen LogP contribution in [0.3, 0.4) is 0 Å². The first kappa shape index (κ1) is 17.1. The Labute approximate surface area is 154 Å². The third-order valence-electron chi connectivity index (χ3n) is 5.01. The molecule has 2 aromatic carbocycles. The lowest BCUT2D eigenvalue weighted by atomic mass is 10.1. The minimum Gasteiger partial charge on any atom is -0.371 e. The highest BCUT2D eigenvalue weighted by Crippen LogP contribution is 2.36. The summed E-state index contributed by atoms with van der Waals surface area (Å²) in [7, 11) is -0.353. The van der Waals surface area contributed by atoms with Crippen molar-refractivity contribution in [1.29, 1.82) is 0 Å². The standard InChI is InChI=1S/C20H23N3O2S/c1-22(2)26(24,25)16-9-10-20(23-11-5-6-12-23)17(14-16)19-13-15-7-3-4-8-18(15)21-19/h3-4,7-10,13-14,21H,5-6,11-12H2,1-2H3. The summed E-state index contributed by atoms with van der Waals surface area (Å²) >= 11 is 0. The molecule has 2 heterocycles. The Kier molecular flexibility index (Phi) is 4.25. The zero-order valence-electron chi connectivity index (χ0n) is 15.1. The molecular formula is C20H23N3O2S. The fourth-order valence-electron chi connectivity index (χ4n) is 3.55. The largest absolute Gasteiger partial charge is 0.371 e. The predicted molar refractivity (Wildman–Crippen MR) is 106 cm³/mol. The van der Waals surface area contributed by atoms with Gasteiger partial charge in [0.25, 0.3) is 0 Å². The van der Waals surface area contributed by atoms with Crippen molar-refractivity contribution in [2.45, 2.75) is 17.7 Å². The van der Waals surface area contributed by atoms with Gasteiger partial charge in [0, 0.05) is 55.0 Å². The quantitative estimate of drug-likeness (QED) is 0.763. The second-order valence-electron chi connectivity index (χ2n) is 6.93. The molecule has 1 fully saturated rings. The summed E-state index contributed by atoms with van der Waals surface area (Å²) in [5.74, 6) is 0. The van der Waals surface area contributed by atoms with Gasteiger partial charge in [0.2, 0.25) is 10.0 Å². The Bertz CT molecular complexity index is 1010. The number of aromatic amines is 1. The van der Waals surface area contributed by atoms with Gasteiger partial charge in [0.1, 0.15) is 0 Å². The lowest BCUT2D eigenvalue weighted by Gasteiger charge is -2.22. The van der Waals surface area contributed by atoms with Gasteiger partial charge in [-0.1, -0.05) is 18.2 Å². The minimum absolute atomic E-state index is 0.319. The van der Waals surface area contributed by atoms with Crippen LogP contribution in [0.1, 0.15) is 12.8 Å². The molecule has 0 unspecified atom stereocenters. The normalized spacial score (nSPS) is 15.3. The van der Waals surface area contributed by atoms with Gasteiger partial charge in [-0.25, -0.2) is 12.7 Å². The summed E-state index contributed by atoms with van der Waals surface area (Å²) in [6.07, 6.45) is 2.34. The molecule has 3 aromatic rings. The summed E-state index contributed by atoms with van der Waals surface area (Å²) in [6, 6.07) is 15.7. The van der Waals surface area contributed by atoms with E-state index in [1.807, 2.05) is 24.3 Å². The van der Waals surface area contributed by atoms with Gasteiger partial charge in [0.05, 0.1) is 4.90 Å². The van der Waals surface area contributed by atoms with Crippen molar-refractivity contribution in [1.82, 2.24) is 9.29 Å². The lowest BCUT2D eigenvalue weighted by molar-refractivity contribution is 0.521. The number of hydrogen-bond acceptors (Lipinski definition) is 3. The van der Waals surface area contributed by atoms with Crippen molar-refractivity contribution in [3.63, 3.8) is 0 Å². The van der Waals surface area contributed by atoms with Crippen LogP contribution in [0.2, 0.25) is 0 Å². The molecule has 6 heteroatoms. The summed E-state index contributed by atoms with van der Waals surface area (Å²) in [5.41, 5.74) is 4.03. The van der Waals surface area contributed by atoms with E-state index < -0.39 is 10.0 Å². The summed E-state index contributed by atoms with van der Waals surface area (Å²) in [4.78, 5) is 6.11. The van der Waals surface area contributed by atoms with Gasteiger partial charge in [0.15, 0.2) is 0 Å². The maximum atomic E-state index is 12.6. The molecule has 26 heavy (non-hydrogen) atoms. The van der Waals surface area contributed by atoms with Gasteiger partial charge in [-0.2, -0.15) is 0 Å². The lowest BCUT2D eigenvalue weighted by Crippen LogP contribution is -2.23. The number of aromatic nitrogens is 1. The maximum Gasteiger partial charge on any atom is 0.242 e.